The third-order valence-corrected chi connectivity index (χ3v) is 12.6. The number of ether oxygens (including phenoxy) is 2. The van der Waals surface area contributed by atoms with Crippen LogP contribution in [0.2, 0.25) is 0 Å². The van der Waals surface area contributed by atoms with Gasteiger partial charge in [-0.25, -0.2) is 21.6 Å². The first-order valence-corrected chi connectivity index (χ1v) is 19.9. The molecule has 0 aliphatic carbocycles. The lowest BCUT2D eigenvalue weighted by Crippen LogP contribution is -2.47. The van der Waals surface area contributed by atoms with Crippen molar-refractivity contribution in [3.8, 4) is 16.9 Å². The monoisotopic (exact) mass is 714 g/mol. The van der Waals surface area contributed by atoms with E-state index < -0.39 is 31.8 Å². The van der Waals surface area contributed by atoms with E-state index in [1.165, 1.54) is 24.7 Å². The maximum absolute atomic E-state index is 13.7. The summed E-state index contributed by atoms with van der Waals surface area (Å²) in [5.74, 6) is 1.02. The van der Waals surface area contributed by atoms with E-state index in [1.807, 2.05) is 18.2 Å². The molecule has 49 heavy (non-hydrogen) atoms. The number of aliphatic hydroxyl groups is 1. The average Bonchev–Trinajstić information content (AvgIpc) is 3.50. The fourth-order valence-electron chi connectivity index (χ4n) is 6.28. The molecule has 2 aliphatic heterocycles. The van der Waals surface area contributed by atoms with Crippen LogP contribution in [0.1, 0.15) is 45.1 Å². The van der Waals surface area contributed by atoms with Gasteiger partial charge in [0.25, 0.3) is 0 Å². The van der Waals surface area contributed by atoms with Crippen LogP contribution in [-0.4, -0.2) is 90.4 Å². The molecule has 2 heterocycles. The van der Waals surface area contributed by atoms with Crippen LogP contribution in [0.15, 0.2) is 82.6 Å². The summed E-state index contributed by atoms with van der Waals surface area (Å²) < 4.78 is 67.2. The Morgan fingerprint density at radius 2 is 1.67 bits per heavy atom. The van der Waals surface area contributed by atoms with Crippen molar-refractivity contribution in [2.45, 2.75) is 73.6 Å². The smallest absolute Gasteiger partial charge is 0.243 e. The van der Waals surface area contributed by atoms with E-state index in [-0.39, 0.29) is 24.1 Å². The van der Waals surface area contributed by atoms with E-state index in [2.05, 4.69) is 41.3 Å². The van der Waals surface area contributed by atoms with E-state index in [9.17, 15) is 21.9 Å². The molecule has 3 aromatic carbocycles. The van der Waals surface area contributed by atoms with Crippen molar-refractivity contribution in [3.05, 3.63) is 78.4 Å². The molecule has 0 bridgehead atoms. The number of hydrogen-bond donors (Lipinski definition) is 4. The second-order valence-electron chi connectivity index (χ2n) is 13.4. The predicted octanol–water partition coefficient (Wildman–Crippen LogP) is 3.74. The highest BCUT2D eigenvalue weighted by Crippen LogP contribution is 2.37. The molecule has 13 heteroatoms. The van der Waals surface area contributed by atoms with Gasteiger partial charge in [-0.3, -0.25) is 0 Å². The number of rotatable bonds is 16. The van der Waals surface area contributed by atoms with Crippen LogP contribution in [-0.2, 0) is 31.3 Å². The quantitative estimate of drug-likeness (QED) is 0.163. The zero-order valence-corrected chi connectivity index (χ0v) is 30.2. The summed E-state index contributed by atoms with van der Waals surface area (Å²) in [5.41, 5.74) is 2.63. The summed E-state index contributed by atoms with van der Waals surface area (Å²) in [7, 11) is -5.93. The Labute approximate surface area is 291 Å². The van der Waals surface area contributed by atoms with Crippen LogP contribution in [0.3, 0.4) is 0 Å². The van der Waals surface area contributed by atoms with Gasteiger partial charge >= 0.3 is 0 Å². The Morgan fingerprint density at radius 1 is 0.959 bits per heavy atom. The van der Waals surface area contributed by atoms with Crippen LogP contribution in [0.4, 0.5) is 0 Å². The fourth-order valence-corrected chi connectivity index (χ4v) is 8.54. The Bertz CT molecular complexity index is 1740. The van der Waals surface area contributed by atoms with E-state index in [4.69, 9.17) is 9.47 Å². The highest BCUT2D eigenvalue weighted by atomic mass is 32.2. The lowest BCUT2D eigenvalue weighted by molar-refractivity contribution is -0.0312. The molecule has 5 rings (SSSR count). The topological polar surface area (TPSA) is 146 Å². The lowest BCUT2D eigenvalue weighted by Gasteiger charge is -2.38. The first kappa shape index (κ1) is 37.4. The molecular formula is C36H50N4O7S2. The fraction of sp³-hybridized carbons (Fsp3) is 0.500. The van der Waals surface area contributed by atoms with Crippen LogP contribution < -0.4 is 20.1 Å². The molecule has 1 unspecified atom stereocenters. The molecule has 0 radical (unpaired) electrons. The molecule has 0 amide bonds. The first-order chi connectivity index (χ1) is 23.4. The van der Waals surface area contributed by atoms with Gasteiger partial charge in [-0.1, -0.05) is 56.3 Å². The highest BCUT2D eigenvalue weighted by Gasteiger charge is 2.44. The van der Waals surface area contributed by atoms with Crippen molar-refractivity contribution in [2.75, 3.05) is 46.4 Å². The number of sulfonamides is 2. The minimum Gasteiger partial charge on any atom is -0.491 e. The summed E-state index contributed by atoms with van der Waals surface area (Å²) in [5, 5.41) is 17.3. The molecule has 4 N–H and O–H groups in total. The number of piperidine rings is 1. The van der Waals surface area contributed by atoms with Crippen LogP contribution in [0, 0.1) is 5.92 Å². The largest absolute Gasteiger partial charge is 0.491 e. The minimum absolute atomic E-state index is 0.00977. The van der Waals surface area contributed by atoms with Gasteiger partial charge in [0.1, 0.15) is 18.5 Å². The number of benzene rings is 3. The number of nitrogens with one attached hydrogen (secondary N) is 3. The molecule has 0 saturated carbocycles. The molecular weight excluding hydrogens is 665 g/mol. The summed E-state index contributed by atoms with van der Waals surface area (Å²) in [4.78, 5) is 0.376. The minimum atomic E-state index is -3.68. The molecule has 3 aromatic rings. The molecule has 0 aromatic heterocycles. The number of nitrogens with zero attached hydrogens (tertiary/aromatic N) is 1. The van der Waals surface area contributed by atoms with Gasteiger partial charge in [0, 0.05) is 38.3 Å². The molecule has 1 spiro atoms. The van der Waals surface area contributed by atoms with E-state index in [1.54, 1.807) is 34.6 Å². The van der Waals surface area contributed by atoms with Gasteiger partial charge < -0.3 is 25.2 Å². The Balaban J connectivity index is 1.08. The maximum Gasteiger partial charge on any atom is 0.243 e. The van der Waals surface area contributed by atoms with Crippen LogP contribution >= 0.6 is 0 Å². The zero-order valence-electron chi connectivity index (χ0n) is 28.6. The first-order valence-electron chi connectivity index (χ1n) is 17.0. The molecule has 2 atom stereocenters. The summed E-state index contributed by atoms with van der Waals surface area (Å²) >= 11 is 0. The summed E-state index contributed by atoms with van der Waals surface area (Å²) in [6.45, 7) is 7.69. The summed E-state index contributed by atoms with van der Waals surface area (Å²) in [6, 6.07) is 21.6. The lowest BCUT2D eigenvalue weighted by atomic mass is 9.88. The van der Waals surface area contributed by atoms with Crippen LogP contribution in [0.25, 0.3) is 11.1 Å². The van der Waals surface area contributed by atoms with Crippen molar-refractivity contribution < 1.29 is 31.4 Å². The Hall–Kier alpha value is -2.88. The molecule has 11 nitrogen and oxygen atoms in total. The molecule has 2 aliphatic rings. The molecule has 2 saturated heterocycles. The van der Waals surface area contributed by atoms with Crippen molar-refractivity contribution in [1.82, 2.24) is 19.7 Å². The van der Waals surface area contributed by atoms with Gasteiger partial charge in [-0.2, -0.15) is 4.31 Å². The normalized spacial score (nSPS) is 19.0. The van der Waals surface area contributed by atoms with Gasteiger partial charge in [0.05, 0.1) is 22.0 Å². The van der Waals surface area contributed by atoms with Crippen LogP contribution in [0.5, 0.6) is 5.75 Å². The maximum atomic E-state index is 13.7. The summed E-state index contributed by atoms with van der Waals surface area (Å²) in [6.07, 6.45) is 2.22. The number of aliphatic hydroxyl groups excluding tert-OH is 1. The van der Waals surface area contributed by atoms with E-state index >= 15 is 0 Å². The molecule has 2 fully saturated rings. The van der Waals surface area contributed by atoms with Gasteiger partial charge in [0.2, 0.25) is 20.0 Å². The second kappa shape index (κ2) is 16.4. The average molecular weight is 715 g/mol. The van der Waals surface area contributed by atoms with E-state index in [0.717, 1.165) is 37.1 Å². The molecule has 268 valence electrons. The van der Waals surface area contributed by atoms with Gasteiger partial charge in [-0.05, 0) is 86.1 Å². The van der Waals surface area contributed by atoms with Crippen molar-refractivity contribution >= 4 is 20.0 Å². The van der Waals surface area contributed by atoms with Gasteiger partial charge in [0.15, 0.2) is 0 Å². The van der Waals surface area contributed by atoms with Crippen molar-refractivity contribution in [2.24, 2.45) is 5.92 Å². The Kier molecular flexibility index (Phi) is 12.5. The third kappa shape index (κ3) is 9.89. The van der Waals surface area contributed by atoms with Crippen molar-refractivity contribution in [3.63, 3.8) is 0 Å². The second-order valence-corrected chi connectivity index (χ2v) is 17.3. The highest BCUT2D eigenvalue weighted by molar-refractivity contribution is 7.89. The van der Waals surface area contributed by atoms with Crippen molar-refractivity contribution in [1.29, 1.82) is 0 Å². The third-order valence-electron chi connectivity index (χ3n) is 9.30. The standard InChI is InChI=1S/C36H50N4O7S2/c1-27(2)14-17-38-23-28-10-12-29(13-11-28)30-6-4-9-35(20-30)49(44,45)40-18-15-36(16-19-40)22-31(25-47-36)39-24-32(41)26-46-33-7-5-8-34(21-33)48(42,43)37-3/h4-13,20-21,27,31-32,37-39,41H,14-19,22-26H2,1-3H3/t31-,32?/m0/s1. The SMILES string of the molecule is CNS(=O)(=O)c1cccc(OCC(O)CN[C@@H]2COC3(CCN(S(=O)(=O)c4cccc(-c5ccc(CNCCC(C)C)cc5)c4)CC3)C2)c1. The number of hydrogen-bond acceptors (Lipinski definition) is 9. The Morgan fingerprint density at radius 3 is 2.39 bits per heavy atom. The van der Waals surface area contributed by atoms with Gasteiger partial charge in [-0.15, -0.1) is 0 Å². The zero-order chi connectivity index (χ0) is 35.1. The van der Waals surface area contributed by atoms with E-state index in [0.29, 0.717) is 49.1 Å². The predicted molar refractivity (Wildman–Crippen MR) is 190 cm³/mol.